The summed E-state index contributed by atoms with van der Waals surface area (Å²) in [6, 6.07) is 11.2. The van der Waals surface area contributed by atoms with E-state index in [4.69, 9.17) is 4.74 Å². The molecule has 1 N–H and O–H groups in total. The molecule has 0 spiro atoms. The Kier molecular flexibility index (Phi) is 5.19. The van der Waals surface area contributed by atoms with E-state index >= 15 is 0 Å². The molecule has 25 heavy (non-hydrogen) atoms. The number of nitrogens with zero attached hydrogens (tertiary/aromatic N) is 3. The van der Waals surface area contributed by atoms with Crippen LogP contribution in [-0.4, -0.2) is 46.8 Å². The number of hydrogen-bond donors (Lipinski definition) is 1. The molecule has 2 heterocycles. The van der Waals surface area contributed by atoms with Crippen molar-refractivity contribution in [3.8, 4) is 5.75 Å². The van der Waals surface area contributed by atoms with Crippen molar-refractivity contribution in [2.24, 2.45) is 7.05 Å². The number of anilines is 1. The zero-order valence-corrected chi connectivity index (χ0v) is 14.9. The van der Waals surface area contributed by atoms with Gasteiger partial charge >= 0.3 is 0 Å². The lowest BCUT2D eigenvalue weighted by molar-refractivity contribution is -0.122. The van der Waals surface area contributed by atoms with Gasteiger partial charge in [-0.05, 0) is 38.1 Å². The van der Waals surface area contributed by atoms with Crippen molar-refractivity contribution in [2.75, 3.05) is 25.5 Å². The highest BCUT2D eigenvalue weighted by molar-refractivity contribution is 5.93. The number of nitrogens with one attached hydrogen (secondary N) is 1. The van der Waals surface area contributed by atoms with Crippen molar-refractivity contribution >= 4 is 17.3 Å². The molecule has 0 aliphatic carbocycles. The number of rotatable bonds is 5. The number of likely N-dealkylation sites (N-methyl/N-ethyl adjacent to an activating group) is 1. The molecular formula is C19H24N4O2. The van der Waals surface area contributed by atoms with Crippen LogP contribution in [0, 0.1) is 0 Å². The Morgan fingerprint density at radius 2 is 2.04 bits per heavy atom. The minimum absolute atomic E-state index is 0.201. The number of carbonyl (C=O) groups excluding carboxylic acids is 1. The van der Waals surface area contributed by atoms with Crippen LogP contribution in [0.4, 0.5) is 5.82 Å². The normalized spacial score (nSPS) is 16.2. The van der Waals surface area contributed by atoms with Crippen LogP contribution in [0.2, 0.25) is 0 Å². The highest BCUT2D eigenvalue weighted by Crippen LogP contribution is 2.22. The van der Waals surface area contributed by atoms with Crippen molar-refractivity contribution in [3.63, 3.8) is 0 Å². The van der Waals surface area contributed by atoms with E-state index in [1.165, 1.54) is 5.57 Å². The average molecular weight is 340 g/mol. The maximum atomic E-state index is 12.4. The van der Waals surface area contributed by atoms with E-state index in [1.807, 2.05) is 43.4 Å². The van der Waals surface area contributed by atoms with Gasteiger partial charge in [-0.1, -0.05) is 24.3 Å². The van der Waals surface area contributed by atoms with Crippen LogP contribution in [-0.2, 0) is 11.8 Å². The summed E-state index contributed by atoms with van der Waals surface area (Å²) in [4.78, 5) is 14.7. The number of para-hydroxylation sites is 1. The largest absolute Gasteiger partial charge is 0.481 e. The molecule has 6 nitrogen and oxygen atoms in total. The van der Waals surface area contributed by atoms with Crippen LogP contribution >= 0.6 is 0 Å². The van der Waals surface area contributed by atoms with E-state index in [0.29, 0.717) is 11.6 Å². The van der Waals surface area contributed by atoms with Gasteiger partial charge in [-0.25, -0.2) is 0 Å². The third kappa shape index (κ3) is 4.28. The number of aryl methyl sites for hydroxylation is 1. The van der Waals surface area contributed by atoms with Gasteiger partial charge in [0, 0.05) is 26.2 Å². The molecule has 132 valence electrons. The fourth-order valence-corrected chi connectivity index (χ4v) is 2.80. The molecule has 0 saturated carbocycles. The molecule has 1 unspecified atom stereocenters. The van der Waals surface area contributed by atoms with Gasteiger partial charge in [-0.2, -0.15) is 5.10 Å². The quantitative estimate of drug-likeness (QED) is 0.909. The summed E-state index contributed by atoms with van der Waals surface area (Å²) in [6.45, 7) is 3.67. The molecule has 1 atom stereocenters. The highest BCUT2D eigenvalue weighted by Gasteiger charge is 2.19. The minimum atomic E-state index is -0.597. The lowest BCUT2D eigenvalue weighted by Gasteiger charge is -2.21. The van der Waals surface area contributed by atoms with Crippen molar-refractivity contribution in [1.82, 2.24) is 14.7 Å². The van der Waals surface area contributed by atoms with Gasteiger partial charge in [0.1, 0.15) is 11.6 Å². The Morgan fingerprint density at radius 1 is 1.28 bits per heavy atom. The molecular weight excluding hydrogens is 316 g/mol. The first-order chi connectivity index (χ1) is 12.0. The van der Waals surface area contributed by atoms with Crippen LogP contribution in [0.5, 0.6) is 5.75 Å². The van der Waals surface area contributed by atoms with Crippen molar-refractivity contribution in [2.45, 2.75) is 19.4 Å². The average Bonchev–Trinajstić information content (AvgIpc) is 2.96. The van der Waals surface area contributed by atoms with Crippen molar-refractivity contribution in [3.05, 3.63) is 48.2 Å². The third-order valence-electron chi connectivity index (χ3n) is 4.23. The molecule has 1 amide bonds. The summed E-state index contributed by atoms with van der Waals surface area (Å²) in [6.07, 6.45) is 2.64. The lowest BCUT2D eigenvalue weighted by Crippen LogP contribution is -2.30. The Bertz CT molecular complexity index is 767. The van der Waals surface area contributed by atoms with E-state index in [2.05, 4.69) is 28.4 Å². The smallest absolute Gasteiger partial charge is 0.266 e. The van der Waals surface area contributed by atoms with E-state index in [1.54, 1.807) is 11.6 Å². The number of ether oxygens (including phenoxy) is 1. The lowest BCUT2D eigenvalue weighted by atomic mass is 10.1. The zero-order valence-electron chi connectivity index (χ0n) is 14.9. The fraction of sp³-hybridized carbons (Fsp3) is 0.368. The Labute approximate surface area is 148 Å². The number of carbonyl (C=O) groups is 1. The second-order valence-electron chi connectivity index (χ2n) is 6.36. The third-order valence-corrected chi connectivity index (χ3v) is 4.23. The molecule has 0 fully saturated rings. The molecule has 6 heteroatoms. The Morgan fingerprint density at radius 3 is 2.76 bits per heavy atom. The highest BCUT2D eigenvalue weighted by atomic mass is 16.5. The van der Waals surface area contributed by atoms with E-state index < -0.39 is 6.10 Å². The first-order valence-electron chi connectivity index (χ1n) is 8.47. The van der Waals surface area contributed by atoms with Crippen molar-refractivity contribution in [1.29, 1.82) is 0 Å². The van der Waals surface area contributed by atoms with Crippen LogP contribution in [0.3, 0.4) is 0 Å². The van der Waals surface area contributed by atoms with E-state index in [9.17, 15) is 4.79 Å². The topological polar surface area (TPSA) is 59.4 Å². The summed E-state index contributed by atoms with van der Waals surface area (Å²) < 4.78 is 7.36. The standard InChI is InChI=1S/C19H24N4O2/c1-14(25-16-9-5-4-6-10-16)19(24)20-18-12-17(21-23(18)3)15-8-7-11-22(2)13-15/h4-6,8-10,12,14H,7,11,13H2,1-3H3,(H,20,24). The predicted molar refractivity (Wildman–Crippen MR) is 98.5 cm³/mol. The second kappa shape index (κ2) is 7.53. The zero-order chi connectivity index (χ0) is 17.8. The van der Waals surface area contributed by atoms with Gasteiger partial charge in [-0.15, -0.1) is 0 Å². The first-order valence-corrected chi connectivity index (χ1v) is 8.47. The Balaban J connectivity index is 1.66. The van der Waals surface area contributed by atoms with Gasteiger partial charge in [-0.3, -0.25) is 9.48 Å². The molecule has 1 aliphatic rings. The van der Waals surface area contributed by atoms with Gasteiger partial charge < -0.3 is 15.0 Å². The summed E-state index contributed by atoms with van der Waals surface area (Å²) >= 11 is 0. The summed E-state index contributed by atoms with van der Waals surface area (Å²) in [5.41, 5.74) is 2.10. The number of benzene rings is 1. The van der Waals surface area contributed by atoms with E-state index in [0.717, 1.165) is 25.2 Å². The molecule has 1 aromatic heterocycles. The molecule has 0 radical (unpaired) electrons. The number of amides is 1. The summed E-state index contributed by atoms with van der Waals surface area (Å²) in [7, 11) is 3.93. The van der Waals surface area contributed by atoms with Gasteiger partial charge in [0.2, 0.25) is 0 Å². The van der Waals surface area contributed by atoms with Gasteiger partial charge in [0.15, 0.2) is 6.10 Å². The molecule has 1 aromatic carbocycles. The van der Waals surface area contributed by atoms with Crippen LogP contribution in [0.25, 0.3) is 5.57 Å². The fourth-order valence-electron chi connectivity index (χ4n) is 2.80. The molecule has 1 aliphatic heterocycles. The van der Waals surface area contributed by atoms with Crippen LogP contribution < -0.4 is 10.1 Å². The predicted octanol–water partition coefficient (Wildman–Crippen LogP) is 2.55. The van der Waals surface area contributed by atoms with Crippen LogP contribution in [0.1, 0.15) is 19.0 Å². The molecule has 0 saturated heterocycles. The maximum Gasteiger partial charge on any atom is 0.266 e. The van der Waals surface area contributed by atoms with Crippen molar-refractivity contribution < 1.29 is 9.53 Å². The molecule has 0 bridgehead atoms. The van der Waals surface area contributed by atoms with Gasteiger partial charge in [0.05, 0.1) is 5.69 Å². The summed E-state index contributed by atoms with van der Waals surface area (Å²) in [5.74, 6) is 1.14. The maximum absolute atomic E-state index is 12.4. The SMILES string of the molecule is CC(Oc1ccccc1)C(=O)Nc1cc(C2=CCCN(C)C2)nn1C. The van der Waals surface area contributed by atoms with Gasteiger partial charge in [0.25, 0.3) is 5.91 Å². The number of hydrogen-bond acceptors (Lipinski definition) is 4. The molecule has 3 rings (SSSR count). The van der Waals surface area contributed by atoms with E-state index in [-0.39, 0.29) is 5.91 Å². The first kappa shape index (κ1) is 17.2. The summed E-state index contributed by atoms with van der Waals surface area (Å²) in [5, 5.41) is 7.43. The Hall–Kier alpha value is -2.60. The monoisotopic (exact) mass is 340 g/mol. The molecule has 2 aromatic rings. The van der Waals surface area contributed by atoms with Crippen LogP contribution in [0.15, 0.2) is 42.5 Å². The minimum Gasteiger partial charge on any atom is -0.481 e. The number of aromatic nitrogens is 2. The second-order valence-corrected chi connectivity index (χ2v) is 6.36.